The van der Waals surface area contributed by atoms with Crippen molar-refractivity contribution in [2.24, 2.45) is 12.8 Å². The first-order valence-electron chi connectivity index (χ1n) is 9.39. The molecule has 10 heteroatoms. The van der Waals surface area contributed by atoms with Crippen molar-refractivity contribution >= 4 is 40.9 Å². The van der Waals surface area contributed by atoms with Gasteiger partial charge in [-0.05, 0) is 23.6 Å². The van der Waals surface area contributed by atoms with Crippen molar-refractivity contribution in [2.75, 3.05) is 22.9 Å². The molecular formula is C20H22ClN7OS. The molecule has 2 aromatic heterocycles. The number of rotatable bonds is 3. The Hall–Kier alpha value is -2.75. The third kappa shape index (κ3) is 3.71. The molecule has 3 heterocycles. The maximum Gasteiger partial charge on any atom is 0.270 e. The molecule has 0 aliphatic carbocycles. The third-order valence-electron chi connectivity index (χ3n) is 5.15. The number of fused-ring (bicyclic) bond motifs is 1. The molecule has 0 amide bonds. The lowest BCUT2D eigenvalue weighted by atomic mass is 10.0. The number of nitrogens with zero attached hydrogens (tertiary/aromatic N) is 4. The van der Waals surface area contributed by atoms with E-state index in [0.29, 0.717) is 28.8 Å². The van der Waals surface area contributed by atoms with Crippen LogP contribution in [0.2, 0.25) is 5.02 Å². The van der Waals surface area contributed by atoms with Crippen LogP contribution >= 0.6 is 23.4 Å². The van der Waals surface area contributed by atoms with Gasteiger partial charge in [0.05, 0.1) is 5.02 Å². The molecule has 0 fully saturated rings. The molecule has 30 heavy (non-hydrogen) atoms. The summed E-state index contributed by atoms with van der Waals surface area (Å²) in [7, 11) is 1.69. The summed E-state index contributed by atoms with van der Waals surface area (Å²) in [6.07, 6.45) is 2.28. The number of hydrogen-bond donors (Lipinski definition) is 3. The number of hydrogen-bond acceptors (Lipinski definition) is 8. The first kappa shape index (κ1) is 20.5. The Morgan fingerprint density at radius 3 is 2.77 bits per heavy atom. The highest BCUT2D eigenvalue weighted by Crippen LogP contribution is 2.36. The number of halogens is 1. The van der Waals surface area contributed by atoms with Crippen molar-refractivity contribution in [1.82, 2.24) is 14.5 Å². The van der Waals surface area contributed by atoms with E-state index >= 15 is 0 Å². The number of nitrogens with two attached hydrogens (primary N) is 3. The van der Waals surface area contributed by atoms with Gasteiger partial charge in [0.2, 0.25) is 5.95 Å². The van der Waals surface area contributed by atoms with Crippen LogP contribution in [0.1, 0.15) is 23.6 Å². The summed E-state index contributed by atoms with van der Waals surface area (Å²) in [5.74, 6) is 0.846. The van der Waals surface area contributed by atoms with Gasteiger partial charge in [-0.1, -0.05) is 47.6 Å². The minimum atomic E-state index is -0.254. The molecule has 3 aromatic rings. The average Bonchev–Trinajstić information content (AvgIpc) is 2.90. The molecular weight excluding hydrogens is 422 g/mol. The van der Waals surface area contributed by atoms with Crippen molar-refractivity contribution in [3.05, 3.63) is 63.0 Å². The second-order valence-corrected chi connectivity index (χ2v) is 8.55. The fourth-order valence-corrected chi connectivity index (χ4v) is 4.69. The zero-order valence-corrected chi connectivity index (χ0v) is 18.0. The monoisotopic (exact) mass is 443 g/mol. The Balaban J connectivity index is 1.71. The Morgan fingerprint density at radius 1 is 1.20 bits per heavy atom. The summed E-state index contributed by atoms with van der Waals surface area (Å²) in [5, 5.41) is 0.283. The zero-order valence-electron chi connectivity index (χ0n) is 16.4. The summed E-state index contributed by atoms with van der Waals surface area (Å²) in [6.45, 7) is 1.26. The first-order chi connectivity index (χ1) is 14.4. The molecule has 6 N–H and O–H groups in total. The fourth-order valence-electron chi connectivity index (χ4n) is 3.54. The number of pyridine rings is 1. The maximum atomic E-state index is 13.1. The molecule has 1 atom stereocenters. The van der Waals surface area contributed by atoms with E-state index in [9.17, 15) is 4.79 Å². The van der Waals surface area contributed by atoms with Crippen molar-refractivity contribution < 1.29 is 0 Å². The van der Waals surface area contributed by atoms with Crippen LogP contribution in [-0.2, 0) is 13.6 Å². The van der Waals surface area contributed by atoms with Gasteiger partial charge in [-0.3, -0.25) is 9.36 Å². The lowest BCUT2D eigenvalue weighted by molar-refractivity contribution is 0.632. The average molecular weight is 444 g/mol. The van der Waals surface area contributed by atoms with Gasteiger partial charge < -0.3 is 22.1 Å². The molecule has 1 aromatic carbocycles. The molecule has 0 spiro atoms. The Kier molecular flexibility index (Phi) is 5.59. The van der Waals surface area contributed by atoms with Crippen LogP contribution in [0.3, 0.4) is 0 Å². The lowest BCUT2D eigenvalue weighted by Crippen LogP contribution is -2.33. The van der Waals surface area contributed by atoms with Crippen molar-refractivity contribution in [3.63, 3.8) is 0 Å². The molecule has 0 radical (unpaired) electrons. The number of aromatic nitrogens is 3. The van der Waals surface area contributed by atoms with Crippen LogP contribution in [0.25, 0.3) is 0 Å². The molecule has 0 saturated heterocycles. The normalized spacial score (nSPS) is 16.2. The van der Waals surface area contributed by atoms with Gasteiger partial charge in [0, 0.05) is 37.3 Å². The lowest BCUT2D eigenvalue weighted by Gasteiger charge is -2.24. The molecule has 156 valence electrons. The number of benzene rings is 1. The topological polar surface area (TPSA) is 129 Å². The van der Waals surface area contributed by atoms with Gasteiger partial charge in [0.1, 0.15) is 16.5 Å². The molecule has 8 nitrogen and oxygen atoms in total. The Bertz CT molecular complexity index is 1170. The van der Waals surface area contributed by atoms with Crippen LogP contribution in [0, 0.1) is 0 Å². The van der Waals surface area contributed by atoms with E-state index in [1.54, 1.807) is 13.1 Å². The van der Waals surface area contributed by atoms with Gasteiger partial charge in [-0.15, -0.1) is 0 Å². The van der Waals surface area contributed by atoms with Crippen molar-refractivity contribution in [1.29, 1.82) is 0 Å². The Morgan fingerprint density at radius 2 is 1.97 bits per heavy atom. The third-order valence-corrected chi connectivity index (χ3v) is 6.81. The second-order valence-electron chi connectivity index (χ2n) is 7.12. The molecule has 1 aliphatic heterocycles. The van der Waals surface area contributed by atoms with E-state index in [-0.39, 0.29) is 28.3 Å². The number of nitrogen functional groups attached to an aromatic ring is 2. The summed E-state index contributed by atoms with van der Waals surface area (Å²) >= 11 is 7.35. The maximum absolute atomic E-state index is 13.1. The number of anilines is 3. The van der Waals surface area contributed by atoms with Crippen molar-refractivity contribution in [3.8, 4) is 0 Å². The fraction of sp³-hybridized carbons (Fsp3) is 0.250. The minimum absolute atomic E-state index is 0.0605. The van der Waals surface area contributed by atoms with Crippen LogP contribution in [-0.4, -0.2) is 21.1 Å². The first-order valence-corrected chi connectivity index (χ1v) is 10.6. The molecule has 4 rings (SSSR count). The van der Waals surface area contributed by atoms with Gasteiger partial charge >= 0.3 is 0 Å². The smallest absolute Gasteiger partial charge is 0.270 e. The second kappa shape index (κ2) is 8.17. The summed E-state index contributed by atoms with van der Waals surface area (Å²) in [5.41, 5.74) is 20.3. The summed E-state index contributed by atoms with van der Waals surface area (Å²) < 4.78 is 1.51. The van der Waals surface area contributed by atoms with Gasteiger partial charge in [-0.2, -0.15) is 4.98 Å². The van der Waals surface area contributed by atoms with E-state index in [0.717, 1.165) is 29.3 Å². The predicted octanol–water partition coefficient (Wildman–Crippen LogP) is 2.55. The standard InChI is InChI=1S/C20H22ClN7OS/c1-27-19(29)16(30-14-6-8-25-17(23)15(14)21)18(24)26-20(27)28-9-7-13(22)12-5-3-2-4-11(12)10-28/h2-6,8,13H,7,9-10,22,24H2,1H3,(H2,23,25)/t13-/m0/s1. The largest absolute Gasteiger partial charge is 0.382 e. The van der Waals surface area contributed by atoms with Gasteiger partial charge in [-0.25, -0.2) is 4.98 Å². The summed E-state index contributed by atoms with van der Waals surface area (Å²) in [4.78, 5) is 24.6. The molecule has 0 saturated carbocycles. The van der Waals surface area contributed by atoms with Gasteiger partial charge in [0.15, 0.2) is 0 Å². The predicted molar refractivity (Wildman–Crippen MR) is 121 cm³/mol. The van der Waals surface area contributed by atoms with E-state index < -0.39 is 0 Å². The van der Waals surface area contributed by atoms with Crippen LogP contribution < -0.4 is 27.7 Å². The van der Waals surface area contributed by atoms with Crippen molar-refractivity contribution in [2.45, 2.75) is 28.8 Å². The van der Waals surface area contributed by atoms with E-state index in [1.165, 1.54) is 10.8 Å². The van der Waals surface area contributed by atoms with E-state index in [4.69, 9.17) is 28.8 Å². The van der Waals surface area contributed by atoms with Crippen LogP contribution in [0.5, 0.6) is 0 Å². The molecule has 1 aliphatic rings. The van der Waals surface area contributed by atoms with E-state index in [2.05, 4.69) is 16.0 Å². The van der Waals surface area contributed by atoms with Crippen LogP contribution in [0.4, 0.5) is 17.6 Å². The van der Waals surface area contributed by atoms with E-state index in [1.807, 2.05) is 23.1 Å². The van der Waals surface area contributed by atoms with Gasteiger partial charge in [0.25, 0.3) is 5.56 Å². The SMILES string of the molecule is Cn1c(N2CC[C@H](N)c3ccccc3C2)nc(N)c(Sc2ccnc(N)c2Cl)c1=O. The highest BCUT2D eigenvalue weighted by Gasteiger charge is 2.24. The van der Waals surface area contributed by atoms with Crippen LogP contribution in [0.15, 0.2) is 51.1 Å². The highest BCUT2D eigenvalue weighted by atomic mass is 35.5. The molecule has 0 bridgehead atoms. The minimum Gasteiger partial charge on any atom is -0.382 e. The Labute approximate surface area is 183 Å². The molecule has 0 unspecified atom stereocenters. The quantitative estimate of drug-likeness (QED) is 0.563. The highest BCUT2D eigenvalue weighted by molar-refractivity contribution is 7.99. The zero-order chi connectivity index (χ0) is 21.4. The summed E-state index contributed by atoms with van der Waals surface area (Å²) in [6, 6.07) is 9.70.